The summed E-state index contributed by atoms with van der Waals surface area (Å²) in [6.07, 6.45) is 3.26. The van der Waals surface area contributed by atoms with Crippen molar-refractivity contribution in [2.45, 2.75) is 6.42 Å². The molecule has 5 heteroatoms. The Bertz CT molecular complexity index is 808. The van der Waals surface area contributed by atoms with Gasteiger partial charge in [-0.15, -0.1) is 0 Å². The molecule has 0 aliphatic carbocycles. The Morgan fingerprint density at radius 3 is 2.30 bits per heavy atom. The number of para-hydroxylation sites is 1. The van der Waals surface area contributed by atoms with Crippen LogP contribution in [0.4, 0.5) is 5.95 Å². The zero-order chi connectivity index (χ0) is 15.5. The van der Waals surface area contributed by atoms with Crippen molar-refractivity contribution in [1.82, 2.24) is 20.2 Å². The van der Waals surface area contributed by atoms with E-state index < -0.39 is 0 Å². The fourth-order valence-corrected chi connectivity index (χ4v) is 2.88. The summed E-state index contributed by atoms with van der Waals surface area (Å²) < 4.78 is 1.79. The molecule has 2 aromatic carbocycles. The summed E-state index contributed by atoms with van der Waals surface area (Å²) in [5, 5.41) is 12.2. The van der Waals surface area contributed by atoms with Crippen molar-refractivity contribution < 1.29 is 0 Å². The highest BCUT2D eigenvalue weighted by Gasteiger charge is 2.19. The molecule has 23 heavy (non-hydrogen) atoms. The van der Waals surface area contributed by atoms with Gasteiger partial charge in [0.2, 0.25) is 0 Å². The van der Waals surface area contributed by atoms with Gasteiger partial charge in [-0.2, -0.15) is 4.68 Å². The minimum absolute atomic E-state index is 0.791. The molecule has 5 nitrogen and oxygen atoms in total. The molecule has 0 fully saturated rings. The van der Waals surface area contributed by atoms with E-state index in [1.54, 1.807) is 4.68 Å². The molecule has 1 aliphatic rings. The number of aromatic nitrogens is 4. The van der Waals surface area contributed by atoms with Crippen LogP contribution in [-0.2, 0) is 0 Å². The second kappa shape index (κ2) is 6.04. The standard InChI is InChI=1S/C18H17N5/c1-3-7-15(8-4-1)16-11-13-22(14-12-16)18-19-20-21-23(18)17-9-5-2-6-10-17/h1-11H,12-14H2. The van der Waals surface area contributed by atoms with Crippen LogP contribution in [0.3, 0.4) is 0 Å². The van der Waals surface area contributed by atoms with E-state index >= 15 is 0 Å². The van der Waals surface area contributed by atoms with Crippen molar-refractivity contribution in [3.63, 3.8) is 0 Å². The number of hydrogen-bond acceptors (Lipinski definition) is 4. The molecule has 114 valence electrons. The molecule has 0 radical (unpaired) electrons. The highest BCUT2D eigenvalue weighted by Crippen LogP contribution is 2.25. The average Bonchev–Trinajstić information content (AvgIpc) is 3.13. The van der Waals surface area contributed by atoms with Crippen LogP contribution in [0.5, 0.6) is 0 Å². The van der Waals surface area contributed by atoms with Gasteiger partial charge in [-0.25, -0.2) is 0 Å². The van der Waals surface area contributed by atoms with Crippen molar-refractivity contribution in [3.8, 4) is 5.69 Å². The van der Waals surface area contributed by atoms with Gasteiger partial charge in [-0.3, -0.25) is 0 Å². The van der Waals surface area contributed by atoms with E-state index in [1.165, 1.54) is 11.1 Å². The molecule has 0 N–H and O–H groups in total. The number of hydrogen-bond donors (Lipinski definition) is 0. The summed E-state index contributed by atoms with van der Waals surface area (Å²) in [5.41, 5.74) is 3.67. The van der Waals surface area contributed by atoms with Crippen LogP contribution in [0, 0.1) is 0 Å². The fraction of sp³-hybridized carbons (Fsp3) is 0.167. The Kier molecular flexibility index (Phi) is 3.60. The molecule has 1 aromatic heterocycles. The van der Waals surface area contributed by atoms with E-state index in [-0.39, 0.29) is 0 Å². The number of nitrogens with zero attached hydrogens (tertiary/aromatic N) is 5. The Morgan fingerprint density at radius 2 is 1.61 bits per heavy atom. The second-order valence-electron chi connectivity index (χ2n) is 5.52. The molecule has 0 saturated carbocycles. The Labute approximate surface area is 134 Å². The van der Waals surface area contributed by atoms with E-state index in [0.717, 1.165) is 31.1 Å². The van der Waals surface area contributed by atoms with Crippen LogP contribution in [0.15, 0.2) is 66.7 Å². The lowest BCUT2D eigenvalue weighted by Gasteiger charge is -2.26. The summed E-state index contributed by atoms with van der Waals surface area (Å²) >= 11 is 0. The van der Waals surface area contributed by atoms with E-state index in [2.05, 4.69) is 50.8 Å². The van der Waals surface area contributed by atoms with Crippen LogP contribution in [0.2, 0.25) is 0 Å². The zero-order valence-corrected chi connectivity index (χ0v) is 12.7. The van der Waals surface area contributed by atoms with Crippen LogP contribution < -0.4 is 4.90 Å². The molecular formula is C18H17N5. The van der Waals surface area contributed by atoms with Gasteiger partial charge < -0.3 is 4.90 Å². The molecule has 2 heterocycles. The van der Waals surface area contributed by atoms with Crippen molar-refractivity contribution in [1.29, 1.82) is 0 Å². The predicted molar refractivity (Wildman–Crippen MR) is 90.4 cm³/mol. The first-order valence-corrected chi connectivity index (χ1v) is 7.75. The summed E-state index contributed by atoms with van der Waals surface area (Å²) in [5.74, 6) is 0.791. The van der Waals surface area contributed by atoms with Gasteiger partial charge in [0.15, 0.2) is 0 Å². The maximum Gasteiger partial charge on any atom is 0.250 e. The third-order valence-corrected chi connectivity index (χ3v) is 4.09. The predicted octanol–water partition coefficient (Wildman–Crippen LogP) is 2.96. The number of tetrazole rings is 1. The second-order valence-corrected chi connectivity index (χ2v) is 5.52. The van der Waals surface area contributed by atoms with Crippen molar-refractivity contribution in [3.05, 3.63) is 72.3 Å². The largest absolute Gasteiger partial charge is 0.335 e. The van der Waals surface area contributed by atoms with E-state index in [9.17, 15) is 0 Å². The van der Waals surface area contributed by atoms with E-state index in [4.69, 9.17) is 0 Å². The first kappa shape index (κ1) is 13.7. The normalized spacial score (nSPS) is 14.6. The first-order valence-electron chi connectivity index (χ1n) is 7.75. The maximum atomic E-state index is 4.21. The third kappa shape index (κ3) is 2.73. The topological polar surface area (TPSA) is 46.8 Å². The molecule has 0 spiro atoms. The zero-order valence-electron chi connectivity index (χ0n) is 12.7. The molecule has 0 amide bonds. The SMILES string of the molecule is C1=C(c2ccccc2)CCN(c2nnnn2-c2ccccc2)C1. The van der Waals surface area contributed by atoms with Gasteiger partial charge in [-0.1, -0.05) is 59.7 Å². The van der Waals surface area contributed by atoms with Gasteiger partial charge in [-0.05, 0) is 40.1 Å². The third-order valence-electron chi connectivity index (χ3n) is 4.09. The summed E-state index contributed by atoms with van der Waals surface area (Å²) in [6.45, 7) is 1.73. The molecule has 0 unspecified atom stereocenters. The lowest BCUT2D eigenvalue weighted by atomic mass is 10.00. The molecule has 4 rings (SSSR count). The molecular weight excluding hydrogens is 286 g/mol. The van der Waals surface area contributed by atoms with Crippen molar-refractivity contribution in [2.24, 2.45) is 0 Å². The maximum absolute atomic E-state index is 4.21. The quantitative estimate of drug-likeness (QED) is 0.746. The highest BCUT2D eigenvalue weighted by atomic mass is 15.6. The smallest absolute Gasteiger partial charge is 0.250 e. The summed E-state index contributed by atoms with van der Waals surface area (Å²) in [6, 6.07) is 20.5. The van der Waals surface area contributed by atoms with Gasteiger partial charge in [0.05, 0.1) is 5.69 Å². The van der Waals surface area contributed by atoms with Gasteiger partial charge >= 0.3 is 0 Å². The Morgan fingerprint density at radius 1 is 0.870 bits per heavy atom. The van der Waals surface area contributed by atoms with Crippen molar-refractivity contribution >= 4 is 11.5 Å². The highest BCUT2D eigenvalue weighted by molar-refractivity contribution is 5.68. The van der Waals surface area contributed by atoms with Crippen molar-refractivity contribution in [2.75, 3.05) is 18.0 Å². The number of benzene rings is 2. The van der Waals surface area contributed by atoms with Gasteiger partial charge in [0.25, 0.3) is 5.95 Å². The summed E-state index contributed by atoms with van der Waals surface area (Å²) in [7, 11) is 0. The average molecular weight is 303 g/mol. The lowest BCUT2D eigenvalue weighted by Crippen LogP contribution is -2.30. The summed E-state index contributed by atoms with van der Waals surface area (Å²) in [4.78, 5) is 2.21. The first-order chi connectivity index (χ1) is 11.4. The molecule has 0 atom stereocenters. The fourth-order valence-electron chi connectivity index (χ4n) is 2.88. The van der Waals surface area contributed by atoms with Gasteiger partial charge in [0.1, 0.15) is 0 Å². The van der Waals surface area contributed by atoms with Gasteiger partial charge in [0, 0.05) is 13.1 Å². The Hall–Kier alpha value is -2.95. The van der Waals surface area contributed by atoms with Crippen LogP contribution in [0.1, 0.15) is 12.0 Å². The minimum atomic E-state index is 0.791. The van der Waals surface area contributed by atoms with E-state index in [1.807, 2.05) is 36.4 Å². The molecule has 0 bridgehead atoms. The molecule has 3 aromatic rings. The number of anilines is 1. The van der Waals surface area contributed by atoms with Crippen LogP contribution in [-0.4, -0.2) is 33.3 Å². The van der Waals surface area contributed by atoms with E-state index in [0.29, 0.717) is 0 Å². The molecule has 1 aliphatic heterocycles. The minimum Gasteiger partial charge on any atom is -0.335 e. The monoisotopic (exact) mass is 303 g/mol. The lowest BCUT2D eigenvalue weighted by molar-refractivity contribution is 0.750. The molecule has 0 saturated heterocycles. The Balaban J connectivity index is 1.58. The van der Waals surface area contributed by atoms with Crippen LogP contribution >= 0.6 is 0 Å². The number of rotatable bonds is 3. The van der Waals surface area contributed by atoms with Crippen LogP contribution in [0.25, 0.3) is 11.3 Å².